The molecular weight excluding hydrogens is 295 g/mol. The number of aromatic nitrogens is 1. The second-order valence-corrected chi connectivity index (χ2v) is 5.14. The lowest BCUT2D eigenvalue weighted by Gasteiger charge is -2.15. The van der Waals surface area contributed by atoms with Crippen LogP contribution in [0.5, 0.6) is 0 Å². The number of nitrogens with zero attached hydrogens (tertiary/aromatic N) is 2. The molecule has 0 radical (unpaired) electrons. The predicted molar refractivity (Wildman–Crippen MR) is 67.3 cm³/mol. The molecule has 1 heterocycles. The van der Waals surface area contributed by atoms with Gasteiger partial charge in [0.1, 0.15) is 5.69 Å². The fourth-order valence-electron chi connectivity index (χ4n) is 1.46. The molecule has 0 saturated carbocycles. The summed E-state index contributed by atoms with van der Waals surface area (Å²) in [6.45, 7) is 3.92. The van der Waals surface area contributed by atoms with Crippen molar-refractivity contribution in [2.45, 2.75) is 31.0 Å². The van der Waals surface area contributed by atoms with Crippen molar-refractivity contribution >= 4 is 33.2 Å². The van der Waals surface area contributed by atoms with Crippen LogP contribution in [0.2, 0.25) is 5.02 Å². The molecule has 0 aromatic carbocycles. The molecule has 0 aliphatic heterocycles. The van der Waals surface area contributed by atoms with Crippen molar-refractivity contribution in [1.82, 2.24) is 4.98 Å². The van der Waals surface area contributed by atoms with Gasteiger partial charge in [0, 0.05) is 23.0 Å². The van der Waals surface area contributed by atoms with E-state index in [1.54, 1.807) is 0 Å². The van der Waals surface area contributed by atoms with Crippen LogP contribution in [0, 0.1) is 10.1 Å². The summed E-state index contributed by atoms with van der Waals surface area (Å²) in [6, 6.07) is 1.34. The molecule has 2 atom stereocenters. The molecule has 1 rings (SSSR count). The van der Waals surface area contributed by atoms with Crippen LogP contribution in [-0.2, 0) is 0 Å². The SMILES string of the molecule is CCC(Br)C(C)c1ncc(Cl)cc1[N+](=O)[O-]. The third-order valence-corrected chi connectivity index (χ3v) is 4.07. The van der Waals surface area contributed by atoms with E-state index in [0.717, 1.165) is 6.42 Å². The maximum Gasteiger partial charge on any atom is 0.292 e. The van der Waals surface area contributed by atoms with Crippen LogP contribution in [-0.4, -0.2) is 14.7 Å². The van der Waals surface area contributed by atoms with E-state index in [-0.39, 0.29) is 21.5 Å². The molecule has 0 aliphatic rings. The Balaban J connectivity index is 3.17. The molecule has 0 amide bonds. The van der Waals surface area contributed by atoms with E-state index in [0.29, 0.717) is 5.69 Å². The van der Waals surface area contributed by atoms with Gasteiger partial charge in [-0.1, -0.05) is 41.4 Å². The van der Waals surface area contributed by atoms with Gasteiger partial charge in [0.2, 0.25) is 0 Å². The fourth-order valence-corrected chi connectivity index (χ4v) is 1.86. The Morgan fingerprint density at radius 2 is 2.31 bits per heavy atom. The molecule has 1 aromatic heterocycles. The smallest absolute Gasteiger partial charge is 0.258 e. The Bertz CT molecular complexity index is 400. The molecular formula is C10H12BrClN2O2. The zero-order valence-corrected chi connectivity index (χ0v) is 11.3. The van der Waals surface area contributed by atoms with E-state index in [2.05, 4.69) is 20.9 Å². The quantitative estimate of drug-likeness (QED) is 0.481. The first-order valence-corrected chi connectivity index (χ1v) is 6.20. The normalized spacial score (nSPS) is 14.5. The van der Waals surface area contributed by atoms with Crippen LogP contribution in [0.3, 0.4) is 0 Å². The number of alkyl halides is 1. The largest absolute Gasteiger partial charge is 0.292 e. The maximum absolute atomic E-state index is 10.9. The highest BCUT2D eigenvalue weighted by atomic mass is 79.9. The summed E-state index contributed by atoms with van der Waals surface area (Å²) in [7, 11) is 0. The monoisotopic (exact) mass is 306 g/mol. The van der Waals surface area contributed by atoms with Crippen LogP contribution >= 0.6 is 27.5 Å². The van der Waals surface area contributed by atoms with E-state index in [1.807, 2.05) is 13.8 Å². The van der Waals surface area contributed by atoms with Crippen molar-refractivity contribution < 1.29 is 4.92 Å². The number of rotatable bonds is 4. The molecule has 16 heavy (non-hydrogen) atoms. The summed E-state index contributed by atoms with van der Waals surface area (Å²) in [4.78, 5) is 14.7. The van der Waals surface area contributed by atoms with Crippen LogP contribution in [0.1, 0.15) is 31.9 Å². The number of halogens is 2. The van der Waals surface area contributed by atoms with Gasteiger partial charge >= 0.3 is 0 Å². The van der Waals surface area contributed by atoms with Gasteiger partial charge in [-0.3, -0.25) is 15.1 Å². The van der Waals surface area contributed by atoms with E-state index in [1.165, 1.54) is 12.3 Å². The van der Waals surface area contributed by atoms with Gasteiger partial charge in [-0.15, -0.1) is 0 Å². The molecule has 0 saturated heterocycles. The highest BCUT2D eigenvalue weighted by Gasteiger charge is 2.25. The van der Waals surface area contributed by atoms with E-state index in [9.17, 15) is 10.1 Å². The fraction of sp³-hybridized carbons (Fsp3) is 0.500. The zero-order chi connectivity index (χ0) is 12.3. The highest BCUT2D eigenvalue weighted by Crippen LogP contribution is 2.32. The van der Waals surface area contributed by atoms with Crippen molar-refractivity contribution in [2.24, 2.45) is 0 Å². The average molecular weight is 308 g/mol. The second kappa shape index (κ2) is 5.59. The van der Waals surface area contributed by atoms with Crippen molar-refractivity contribution in [3.05, 3.63) is 33.1 Å². The number of nitro groups is 1. The Morgan fingerprint density at radius 1 is 1.69 bits per heavy atom. The number of hydrogen-bond acceptors (Lipinski definition) is 3. The molecule has 0 N–H and O–H groups in total. The lowest BCUT2D eigenvalue weighted by atomic mass is 10.00. The third kappa shape index (κ3) is 2.92. The minimum Gasteiger partial charge on any atom is -0.258 e. The Kier molecular flexibility index (Phi) is 4.68. The van der Waals surface area contributed by atoms with Crippen molar-refractivity contribution in [3.8, 4) is 0 Å². The minimum absolute atomic E-state index is 0.0158. The molecule has 0 bridgehead atoms. The van der Waals surface area contributed by atoms with Gasteiger partial charge in [0.05, 0.1) is 9.95 Å². The lowest BCUT2D eigenvalue weighted by Crippen LogP contribution is -2.11. The number of hydrogen-bond donors (Lipinski definition) is 0. The topological polar surface area (TPSA) is 56.0 Å². The van der Waals surface area contributed by atoms with Gasteiger partial charge < -0.3 is 0 Å². The molecule has 6 heteroatoms. The summed E-state index contributed by atoms with van der Waals surface area (Å²) in [6.07, 6.45) is 2.32. The van der Waals surface area contributed by atoms with Crippen LogP contribution in [0.15, 0.2) is 12.3 Å². The minimum atomic E-state index is -0.444. The van der Waals surface area contributed by atoms with Gasteiger partial charge in [-0.25, -0.2) is 0 Å². The van der Waals surface area contributed by atoms with E-state index in [4.69, 9.17) is 11.6 Å². The first-order chi connectivity index (χ1) is 7.47. The van der Waals surface area contributed by atoms with Crippen LogP contribution in [0.25, 0.3) is 0 Å². The average Bonchev–Trinajstić information content (AvgIpc) is 2.26. The molecule has 88 valence electrons. The maximum atomic E-state index is 10.9. The molecule has 1 aromatic rings. The van der Waals surface area contributed by atoms with E-state index >= 15 is 0 Å². The Morgan fingerprint density at radius 3 is 2.81 bits per heavy atom. The van der Waals surface area contributed by atoms with Crippen molar-refractivity contribution in [2.75, 3.05) is 0 Å². The summed E-state index contributed by atoms with van der Waals surface area (Å²) < 4.78 is 0. The van der Waals surface area contributed by atoms with Gasteiger partial charge in [0.15, 0.2) is 0 Å². The summed E-state index contributed by atoms with van der Waals surface area (Å²) in [5.74, 6) is -0.0253. The third-order valence-electron chi connectivity index (χ3n) is 2.42. The summed E-state index contributed by atoms with van der Waals surface area (Å²) in [5.41, 5.74) is 0.455. The van der Waals surface area contributed by atoms with Crippen molar-refractivity contribution in [1.29, 1.82) is 0 Å². The molecule has 0 aliphatic carbocycles. The van der Waals surface area contributed by atoms with Crippen molar-refractivity contribution in [3.63, 3.8) is 0 Å². The van der Waals surface area contributed by atoms with Crippen LogP contribution < -0.4 is 0 Å². The highest BCUT2D eigenvalue weighted by molar-refractivity contribution is 9.09. The Labute approximate surface area is 107 Å². The summed E-state index contributed by atoms with van der Waals surface area (Å²) in [5, 5.41) is 11.2. The second-order valence-electron chi connectivity index (χ2n) is 3.53. The van der Waals surface area contributed by atoms with Gasteiger partial charge in [-0.2, -0.15) is 0 Å². The van der Waals surface area contributed by atoms with Gasteiger partial charge in [0.25, 0.3) is 5.69 Å². The first kappa shape index (κ1) is 13.4. The lowest BCUT2D eigenvalue weighted by molar-refractivity contribution is -0.386. The molecule has 4 nitrogen and oxygen atoms in total. The zero-order valence-electron chi connectivity index (χ0n) is 8.98. The molecule has 2 unspecified atom stereocenters. The summed E-state index contributed by atoms with van der Waals surface area (Å²) >= 11 is 9.19. The van der Waals surface area contributed by atoms with Gasteiger partial charge in [-0.05, 0) is 6.42 Å². The van der Waals surface area contributed by atoms with E-state index < -0.39 is 4.92 Å². The number of pyridine rings is 1. The first-order valence-electron chi connectivity index (χ1n) is 4.91. The molecule has 0 spiro atoms. The molecule has 0 fully saturated rings. The van der Waals surface area contributed by atoms with Crippen LogP contribution in [0.4, 0.5) is 5.69 Å². The Hall–Kier alpha value is -0.680. The standard InChI is InChI=1S/C10H12BrClN2O2/c1-3-8(11)6(2)10-9(14(15)16)4-7(12)5-13-10/h4-6,8H,3H2,1-2H3. The predicted octanol–water partition coefficient (Wildman–Crippen LogP) is 3.92.